The molecular formula is C6H12F2IN. The summed E-state index contributed by atoms with van der Waals surface area (Å²) in [5, 5.41) is 2.67. The highest BCUT2D eigenvalue weighted by Crippen LogP contribution is 1.93. The summed E-state index contributed by atoms with van der Waals surface area (Å²) in [7, 11) is 0. The van der Waals surface area contributed by atoms with Crippen molar-refractivity contribution in [2.45, 2.75) is 19.3 Å². The normalized spacial score (nSPS) is 10.8. The summed E-state index contributed by atoms with van der Waals surface area (Å²) >= 11 is 2.28. The number of hydrogen-bond donors (Lipinski definition) is 1. The third-order valence-corrected chi connectivity index (χ3v) is 1.80. The molecule has 0 radical (unpaired) electrons. The highest BCUT2D eigenvalue weighted by Gasteiger charge is 1.98. The molecule has 0 aliphatic carbocycles. The van der Waals surface area contributed by atoms with E-state index in [1.807, 2.05) is 0 Å². The van der Waals surface area contributed by atoms with E-state index in [0.717, 1.165) is 17.3 Å². The molecule has 0 heterocycles. The topological polar surface area (TPSA) is 12.0 Å². The van der Waals surface area contributed by atoms with Crippen molar-refractivity contribution < 1.29 is 8.78 Å². The number of unbranched alkanes of at least 4 members (excludes halogenated alkanes) is 1. The molecule has 0 fully saturated rings. The first-order valence-electron chi connectivity index (χ1n) is 3.32. The molecule has 0 rings (SSSR count). The van der Waals surface area contributed by atoms with E-state index in [4.69, 9.17) is 0 Å². The average molecular weight is 263 g/mol. The number of nitrogens with one attached hydrogen (secondary N) is 1. The molecule has 62 valence electrons. The van der Waals surface area contributed by atoms with Gasteiger partial charge in [0.2, 0.25) is 0 Å². The van der Waals surface area contributed by atoms with Crippen LogP contribution in [0.5, 0.6) is 0 Å². The highest BCUT2D eigenvalue weighted by atomic mass is 127. The molecule has 10 heavy (non-hydrogen) atoms. The van der Waals surface area contributed by atoms with Gasteiger partial charge >= 0.3 is 0 Å². The van der Waals surface area contributed by atoms with Gasteiger partial charge < -0.3 is 5.32 Å². The number of halogens is 3. The smallest absolute Gasteiger partial charge is 0.250 e. The number of alkyl halides is 3. The molecule has 0 saturated heterocycles. The largest absolute Gasteiger partial charge is 0.311 e. The molecule has 0 aliphatic heterocycles. The molecule has 1 nitrogen and oxygen atoms in total. The van der Waals surface area contributed by atoms with E-state index in [1.54, 1.807) is 0 Å². The van der Waals surface area contributed by atoms with E-state index in [1.165, 1.54) is 0 Å². The van der Waals surface area contributed by atoms with Crippen LogP contribution in [0.25, 0.3) is 0 Å². The molecule has 0 unspecified atom stereocenters. The second kappa shape index (κ2) is 7.65. The van der Waals surface area contributed by atoms with E-state index in [0.29, 0.717) is 6.54 Å². The lowest BCUT2D eigenvalue weighted by molar-refractivity contribution is 0.146. The summed E-state index contributed by atoms with van der Waals surface area (Å²) in [5.74, 6) is 0. The minimum atomic E-state index is -2.21. The van der Waals surface area contributed by atoms with Crippen LogP contribution in [0.2, 0.25) is 0 Å². The Balaban J connectivity index is 2.77. The lowest BCUT2D eigenvalue weighted by Gasteiger charge is -2.01. The van der Waals surface area contributed by atoms with Crippen molar-refractivity contribution >= 4 is 22.6 Å². The molecule has 0 bridgehead atoms. The van der Waals surface area contributed by atoms with Crippen LogP contribution in [-0.2, 0) is 0 Å². The lowest BCUT2D eigenvalue weighted by Crippen LogP contribution is -2.22. The van der Waals surface area contributed by atoms with Crippen molar-refractivity contribution in [2.24, 2.45) is 0 Å². The molecule has 0 aromatic heterocycles. The molecule has 4 heteroatoms. The maximum atomic E-state index is 11.5. The molecule has 0 aliphatic rings. The zero-order valence-corrected chi connectivity index (χ0v) is 7.90. The van der Waals surface area contributed by atoms with Gasteiger partial charge in [0.05, 0.1) is 6.54 Å². The second-order valence-corrected chi connectivity index (χ2v) is 3.07. The third-order valence-electron chi connectivity index (χ3n) is 1.04. The van der Waals surface area contributed by atoms with E-state index in [-0.39, 0.29) is 6.54 Å². The predicted molar refractivity (Wildman–Crippen MR) is 47.0 cm³/mol. The number of hydrogen-bond acceptors (Lipinski definition) is 1. The van der Waals surface area contributed by atoms with Gasteiger partial charge in [-0.15, -0.1) is 0 Å². The van der Waals surface area contributed by atoms with Crippen molar-refractivity contribution in [1.29, 1.82) is 0 Å². The Morgan fingerprint density at radius 3 is 2.50 bits per heavy atom. The third kappa shape index (κ3) is 8.55. The standard InChI is InChI=1S/C6H12F2IN/c7-6(8)5-10-4-2-1-3-9/h6,10H,1-5H2. The molecule has 0 spiro atoms. The Labute approximate surface area is 73.7 Å². The first kappa shape index (κ1) is 10.6. The predicted octanol–water partition coefficient (Wildman–Crippen LogP) is 2.06. The second-order valence-electron chi connectivity index (χ2n) is 1.99. The van der Waals surface area contributed by atoms with Gasteiger partial charge in [-0.1, -0.05) is 22.6 Å². The maximum absolute atomic E-state index is 11.5. The van der Waals surface area contributed by atoms with Crippen molar-refractivity contribution in [3.05, 3.63) is 0 Å². The number of rotatable bonds is 6. The molecule has 1 N–H and O–H groups in total. The van der Waals surface area contributed by atoms with Gasteiger partial charge in [0.15, 0.2) is 0 Å². The minimum absolute atomic E-state index is 0.165. The van der Waals surface area contributed by atoms with Gasteiger partial charge in [-0.2, -0.15) is 0 Å². The fraction of sp³-hybridized carbons (Fsp3) is 1.00. The minimum Gasteiger partial charge on any atom is -0.311 e. The van der Waals surface area contributed by atoms with Crippen LogP contribution in [0.15, 0.2) is 0 Å². The van der Waals surface area contributed by atoms with Crippen LogP contribution in [-0.4, -0.2) is 23.9 Å². The Hall–Kier alpha value is 0.550. The zero-order chi connectivity index (χ0) is 7.82. The summed E-state index contributed by atoms with van der Waals surface area (Å²) in [4.78, 5) is 0. The molecule has 0 aromatic carbocycles. The van der Waals surface area contributed by atoms with Crippen LogP contribution < -0.4 is 5.32 Å². The van der Waals surface area contributed by atoms with E-state index in [2.05, 4.69) is 27.9 Å². The van der Waals surface area contributed by atoms with Crippen LogP contribution in [0.3, 0.4) is 0 Å². The summed E-state index contributed by atoms with van der Waals surface area (Å²) in [6, 6.07) is 0. The van der Waals surface area contributed by atoms with E-state index >= 15 is 0 Å². The Kier molecular flexibility index (Phi) is 8.08. The average Bonchev–Trinajstić information content (AvgIpc) is 1.87. The van der Waals surface area contributed by atoms with E-state index in [9.17, 15) is 8.78 Å². The fourth-order valence-electron chi connectivity index (χ4n) is 0.556. The van der Waals surface area contributed by atoms with Crippen molar-refractivity contribution in [1.82, 2.24) is 5.32 Å². The van der Waals surface area contributed by atoms with Gasteiger partial charge in [0.25, 0.3) is 6.43 Å². The molecule has 0 atom stereocenters. The SMILES string of the molecule is FC(F)CNCCCCI. The molecule has 0 saturated carbocycles. The molecule has 0 aromatic rings. The van der Waals surface area contributed by atoms with E-state index < -0.39 is 6.43 Å². The van der Waals surface area contributed by atoms with Crippen molar-refractivity contribution in [2.75, 3.05) is 17.5 Å². The Bertz CT molecular complexity index is 70.8. The van der Waals surface area contributed by atoms with Crippen molar-refractivity contribution in [3.8, 4) is 0 Å². The first-order valence-corrected chi connectivity index (χ1v) is 4.84. The Morgan fingerprint density at radius 2 is 2.00 bits per heavy atom. The van der Waals surface area contributed by atoms with Crippen LogP contribution in [0, 0.1) is 0 Å². The van der Waals surface area contributed by atoms with Crippen LogP contribution in [0.1, 0.15) is 12.8 Å². The maximum Gasteiger partial charge on any atom is 0.250 e. The lowest BCUT2D eigenvalue weighted by atomic mass is 10.3. The molecular weight excluding hydrogens is 251 g/mol. The summed E-state index contributed by atoms with van der Waals surface area (Å²) in [5.41, 5.74) is 0. The van der Waals surface area contributed by atoms with Gasteiger partial charge in [-0.3, -0.25) is 0 Å². The van der Waals surface area contributed by atoms with Crippen LogP contribution >= 0.6 is 22.6 Å². The Morgan fingerprint density at radius 1 is 1.30 bits per heavy atom. The summed E-state index contributed by atoms with van der Waals surface area (Å²) in [6.07, 6.45) is -0.105. The fourth-order valence-corrected chi connectivity index (χ4v) is 1.10. The van der Waals surface area contributed by atoms with Gasteiger partial charge in [-0.05, 0) is 23.8 Å². The molecule has 0 amide bonds. The van der Waals surface area contributed by atoms with Crippen LogP contribution in [0.4, 0.5) is 8.78 Å². The van der Waals surface area contributed by atoms with Crippen molar-refractivity contribution in [3.63, 3.8) is 0 Å². The summed E-state index contributed by atoms with van der Waals surface area (Å²) in [6.45, 7) is 0.550. The van der Waals surface area contributed by atoms with Gasteiger partial charge in [-0.25, -0.2) is 8.78 Å². The van der Waals surface area contributed by atoms with Gasteiger partial charge in [0.1, 0.15) is 0 Å². The van der Waals surface area contributed by atoms with Gasteiger partial charge in [0, 0.05) is 0 Å². The highest BCUT2D eigenvalue weighted by molar-refractivity contribution is 14.1. The first-order chi connectivity index (χ1) is 4.77. The zero-order valence-electron chi connectivity index (χ0n) is 5.75. The summed E-state index contributed by atoms with van der Waals surface area (Å²) < 4.78 is 24.1. The quantitative estimate of drug-likeness (QED) is 0.439. The monoisotopic (exact) mass is 263 g/mol.